The lowest BCUT2D eigenvalue weighted by molar-refractivity contribution is -0.197. The number of nitrogens with zero attached hydrogens (tertiary/aromatic N) is 5. The number of sulfonamides is 1. The van der Waals surface area contributed by atoms with E-state index in [4.69, 9.17) is 16.3 Å². The molecule has 4 rings (SSSR count). The number of thiazole rings is 1. The molecular weight excluding hydrogens is 505 g/mol. The second kappa shape index (κ2) is 8.43. The zero-order valence-electron chi connectivity index (χ0n) is 16.8. The Morgan fingerprint density at radius 2 is 1.88 bits per heavy atom. The van der Waals surface area contributed by atoms with Crippen LogP contribution >= 0.6 is 22.9 Å². The molecule has 0 fully saturated rings. The molecule has 1 aromatic carbocycles. The Morgan fingerprint density at radius 3 is 2.42 bits per heavy atom. The Morgan fingerprint density at radius 1 is 1.21 bits per heavy atom. The van der Waals surface area contributed by atoms with Crippen LogP contribution in [0.5, 0.6) is 5.88 Å². The van der Waals surface area contributed by atoms with Crippen LogP contribution in [0.25, 0.3) is 11.0 Å². The Hall–Kier alpha value is -2.97. The molecule has 0 saturated heterocycles. The molecule has 0 amide bonds. The second-order valence-electron chi connectivity index (χ2n) is 6.74. The van der Waals surface area contributed by atoms with E-state index >= 15 is 0 Å². The molecule has 33 heavy (non-hydrogen) atoms. The summed E-state index contributed by atoms with van der Waals surface area (Å²) in [5, 5.41) is 3.76. The van der Waals surface area contributed by atoms with E-state index in [0.717, 1.165) is 22.2 Å². The molecule has 0 radical (unpaired) electrons. The highest BCUT2D eigenvalue weighted by atomic mass is 35.5. The topological polar surface area (TPSA) is 112 Å². The minimum absolute atomic E-state index is 0.0871. The predicted molar refractivity (Wildman–Crippen MR) is 115 cm³/mol. The standard InChI is InChI=1S/C18H14ClF3N6O3S2/c1-9-13(15(19)28(2)26-9)33(29,30)27-16-17(25-11-6-4-3-5-10(11)24-16)31-14(18(20,21)22)12-7-23-8-32-12/h3-8,14H,1-2H3,(H,24,27). The van der Waals surface area contributed by atoms with E-state index in [0.29, 0.717) is 0 Å². The van der Waals surface area contributed by atoms with Crippen LogP contribution in [0.4, 0.5) is 19.0 Å². The van der Waals surface area contributed by atoms with Gasteiger partial charge in [0.2, 0.25) is 11.9 Å². The third-order valence-electron chi connectivity index (χ3n) is 4.38. The van der Waals surface area contributed by atoms with Crippen LogP contribution in [-0.4, -0.2) is 39.3 Å². The van der Waals surface area contributed by atoms with Gasteiger partial charge < -0.3 is 4.74 Å². The maximum atomic E-state index is 13.8. The fourth-order valence-electron chi connectivity index (χ4n) is 2.98. The summed E-state index contributed by atoms with van der Waals surface area (Å²) in [6, 6.07) is 6.25. The van der Waals surface area contributed by atoms with E-state index in [1.54, 1.807) is 12.1 Å². The average molecular weight is 519 g/mol. The van der Waals surface area contributed by atoms with Crippen molar-refractivity contribution in [1.82, 2.24) is 24.7 Å². The number of nitrogens with one attached hydrogen (secondary N) is 1. The fourth-order valence-corrected chi connectivity index (χ4v) is 5.40. The molecule has 174 valence electrons. The van der Waals surface area contributed by atoms with E-state index in [-0.39, 0.29) is 31.7 Å². The van der Waals surface area contributed by atoms with Crippen LogP contribution in [0, 0.1) is 6.92 Å². The predicted octanol–water partition coefficient (Wildman–Crippen LogP) is 4.26. The van der Waals surface area contributed by atoms with Gasteiger partial charge in [-0.1, -0.05) is 23.7 Å². The third kappa shape index (κ3) is 4.58. The molecule has 3 aromatic heterocycles. The lowest BCUT2D eigenvalue weighted by Gasteiger charge is -2.21. The summed E-state index contributed by atoms with van der Waals surface area (Å²) in [6.45, 7) is 1.42. The SMILES string of the molecule is Cc1nn(C)c(Cl)c1S(=O)(=O)Nc1nc2ccccc2nc1OC(c1cncs1)C(F)(F)F. The van der Waals surface area contributed by atoms with Crippen molar-refractivity contribution in [2.75, 3.05) is 4.72 Å². The molecule has 0 aliphatic rings. The molecule has 0 saturated carbocycles. The molecular formula is C18H14ClF3N6O3S2. The lowest BCUT2D eigenvalue weighted by Crippen LogP contribution is -2.26. The number of halogens is 4. The van der Waals surface area contributed by atoms with Gasteiger partial charge in [0, 0.05) is 13.2 Å². The summed E-state index contributed by atoms with van der Waals surface area (Å²) in [7, 11) is -2.96. The molecule has 1 unspecified atom stereocenters. The van der Waals surface area contributed by atoms with Crippen LogP contribution in [0.2, 0.25) is 5.15 Å². The molecule has 0 aliphatic heterocycles. The molecule has 1 atom stereocenters. The number of aryl methyl sites for hydroxylation is 2. The molecule has 3 heterocycles. The highest BCUT2D eigenvalue weighted by Crippen LogP contribution is 2.40. The summed E-state index contributed by atoms with van der Waals surface area (Å²) in [5.74, 6) is -1.20. The number of hydrogen-bond acceptors (Lipinski definition) is 8. The van der Waals surface area contributed by atoms with Crippen molar-refractivity contribution in [3.8, 4) is 5.88 Å². The Labute approximate surface area is 194 Å². The third-order valence-corrected chi connectivity index (χ3v) is 7.23. The molecule has 9 nitrogen and oxygen atoms in total. The maximum absolute atomic E-state index is 13.8. The van der Waals surface area contributed by atoms with Gasteiger partial charge in [-0.05, 0) is 19.1 Å². The van der Waals surface area contributed by atoms with E-state index < -0.39 is 34.0 Å². The van der Waals surface area contributed by atoms with E-state index in [1.165, 1.54) is 31.6 Å². The summed E-state index contributed by atoms with van der Waals surface area (Å²) >= 11 is 6.80. The van der Waals surface area contributed by atoms with Crippen LogP contribution in [-0.2, 0) is 17.1 Å². The van der Waals surface area contributed by atoms with Gasteiger partial charge in [-0.25, -0.2) is 18.4 Å². The van der Waals surface area contributed by atoms with E-state index in [1.807, 2.05) is 0 Å². The first-order valence-corrected chi connectivity index (χ1v) is 11.8. The number of anilines is 1. The second-order valence-corrected chi connectivity index (χ2v) is 9.64. The van der Waals surface area contributed by atoms with Crippen molar-refractivity contribution in [3.63, 3.8) is 0 Å². The highest BCUT2D eigenvalue weighted by molar-refractivity contribution is 7.92. The van der Waals surface area contributed by atoms with Gasteiger partial charge >= 0.3 is 6.18 Å². The summed E-state index contributed by atoms with van der Waals surface area (Å²) in [5.41, 5.74) is 1.75. The average Bonchev–Trinajstić information content (AvgIpc) is 3.33. The van der Waals surface area contributed by atoms with Gasteiger partial charge in [-0.2, -0.15) is 18.3 Å². The van der Waals surface area contributed by atoms with E-state index in [2.05, 4.69) is 24.8 Å². The van der Waals surface area contributed by atoms with Gasteiger partial charge in [0.05, 0.1) is 27.1 Å². The number of para-hydroxylation sites is 2. The van der Waals surface area contributed by atoms with Crippen molar-refractivity contribution in [3.05, 3.63) is 51.7 Å². The smallest absolute Gasteiger partial charge is 0.430 e. The number of benzene rings is 1. The summed E-state index contributed by atoms with van der Waals surface area (Å²) in [6.07, 6.45) is -6.26. The molecule has 1 N–H and O–H groups in total. The first kappa shape index (κ1) is 23.2. The van der Waals surface area contributed by atoms with Crippen molar-refractivity contribution >= 4 is 49.8 Å². The molecule has 4 aromatic rings. The number of fused-ring (bicyclic) bond motifs is 1. The summed E-state index contributed by atoms with van der Waals surface area (Å²) < 4.78 is 75.9. The zero-order chi connectivity index (χ0) is 24.0. The first-order chi connectivity index (χ1) is 15.5. The van der Waals surface area contributed by atoms with Crippen LogP contribution in [0.3, 0.4) is 0 Å². The number of rotatable bonds is 6. The molecule has 0 bridgehead atoms. The Kier molecular flexibility index (Phi) is 5.92. The van der Waals surface area contributed by atoms with Crippen LogP contribution in [0.15, 0.2) is 40.9 Å². The minimum Gasteiger partial charge on any atom is -0.456 e. The molecule has 0 aliphatic carbocycles. The molecule has 0 spiro atoms. The van der Waals surface area contributed by atoms with Crippen molar-refractivity contribution in [2.45, 2.75) is 24.1 Å². The van der Waals surface area contributed by atoms with Crippen LogP contribution < -0.4 is 9.46 Å². The zero-order valence-corrected chi connectivity index (χ0v) is 19.2. The van der Waals surface area contributed by atoms with Gasteiger partial charge in [0.1, 0.15) is 10.0 Å². The van der Waals surface area contributed by atoms with Gasteiger partial charge in [0.15, 0.2) is 0 Å². The Bertz CT molecular complexity index is 1420. The normalized spacial score (nSPS) is 13.3. The minimum atomic E-state index is -4.83. The monoisotopic (exact) mass is 518 g/mol. The number of ether oxygens (including phenoxy) is 1. The van der Waals surface area contributed by atoms with Gasteiger partial charge in [-0.3, -0.25) is 14.4 Å². The highest BCUT2D eigenvalue weighted by Gasteiger charge is 2.45. The van der Waals surface area contributed by atoms with E-state index in [9.17, 15) is 21.6 Å². The number of aromatic nitrogens is 5. The van der Waals surface area contributed by atoms with Crippen molar-refractivity contribution < 1.29 is 26.3 Å². The molecule has 15 heteroatoms. The lowest BCUT2D eigenvalue weighted by atomic mass is 10.3. The fraction of sp³-hybridized carbons (Fsp3) is 0.222. The largest absolute Gasteiger partial charge is 0.456 e. The number of alkyl halides is 3. The van der Waals surface area contributed by atoms with Gasteiger partial charge in [0.25, 0.3) is 15.9 Å². The van der Waals surface area contributed by atoms with Crippen LogP contribution in [0.1, 0.15) is 16.7 Å². The van der Waals surface area contributed by atoms with Crippen molar-refractivity contribution in [1.29, 1.82) is 0 Å². The first-order valence-electron chi connectivity index (χ1n) is 9.08. The maximum Gasteiger partial charge on any atom is 0.430 e. The van der Waals surface area contributed by atoms with Gasteiger partial charge in [-0.15, -0.1) is 11.3 Å². The summed E-state index contributed by atoms with van der Waals surface area (Å²) in [4.78, 5) is 11.3. The quantitative estimate of drug-likeness (QED) is 0.406. The number of hydrogen-bond donors (Lipinski definition) is 1. The Balaban J connectivity index is 1.83. The van der Waals surface area contributed by atoms with Crippen molar-refractivity contribution in [2.24, 2.45) is 7.05 Å².